The van der Waals surface area contributed by atoms with E-state index in [0.717, 1.165) is 11.1 Å². The minimum absolute atomic E-state index is 0.0725. The van der Waals surface area contributed by atoms with Crippen LogP contribution in [0.5, 0.6) is 0 Å². The quantitative estimate of drug-likeness (QED) is 0.633. The molecular formula is C23H21N3O4. The summed E-state index contributed by atoms with van der Waals surface area (Å²) in [4.78, 5) is 24.5. The smallest absolute Gasteiger partial charge is 0.357 e. The average Bonchev–Trinajstić information content (AvgIpc) is 3.13. The Morgan fingerprint density at radius 2 is 1.73 bits per heavy atom. The Balaban J connectivity index is 1.93. The molecule has 7 heteroatoms. The first kappa shape index (κ1) is 20.7. The maximum absolute atomic E-state index is 12.3. The molecule has 3 aromatic rings. The van der Waals surface area contributed by atoms with Gasteiger partial charge in [0.2, 0.25) is 0 Å². The second-order valence-electron chi connectivity index (χ2n) is 6.64. The number of hydrogen-bond acceptors (Lipinski definition) is 6. The number of nitrogen functional groups attached to an aromatic ring is 1. The number of aromatic nitrogens is 1. The predicted octanol–water partition coefficient (Wildman–Crippen LogP) is 3.22. The van der Waals surface area contributed by atoms with Crippen LogP contribution in [0.2, 0.25) is 0 Å². The second kappa shape index (κ2) is 8.97. The van der Waals surface area contributed by atoms with Gasteiger partial charge in [-0.15, -0.1) is 0 Å². The molecule has 30 heavy (non-hydrogen) atoms. The van der Waals surface area contributed by atoms with Crippen LogP contribution >= 0.6 is 0 Å². The maximum Gasteiger partial charge on any atom is 0.357 e. The van der Waals surface area contributed by atoms with Crippen LogP contribution in [-0.4, -0.2) is 30.7 Å². The zero-order chi connectivity index (χ0) is 21.7. The number of rotatable bonds is 6. The fourth-order valence-electron chi connectivity index (χ4n) is 3.31. The Hall–Kier alpha value is -4.05. The van der Waals surface area contributed by atoms with Gasteiger partial charge in [0.15, 0.2) is 5.69 Å². The second-order valence-corrected chi connectivity index (χ2v) is 6.64. The summed E-state index contributed by atoms with van der Waals surface area (Å²) in [5, 5.41) is 9.25. The van der Waals surface area contributed by atoms with Crippen LogP contribution in [0, 0.1) is 11.3 Å². The number of carbonyl (C=O) groups excluding carboxylic acids is 2. The van der Waals surface area contributed by atoms with Gasteiger partial charge in [-0.05, 0) is 29.7 Å². The van der Waals surface area contributed by atoms with Gasteiger partial charge >= 0.3 is 11.9 Å². The van der Waals surface area contributed by atoms with Gasteiger partial charge < -0.3 is 19.8 Å². The number of nitrogens with two attached hydrogens (primary N) is 1. The monoisotopic (exact) mass is 403 g/mol. The van der Waals surface area contributed by atoms with Crippen molar-refractivity contribution in [1.82, 2.24) is 4.57 Å². The number of benzene rings is 2. The Kier molecular flexibility index (Phi) is 6.18. The SMILES string of the molecule is COC(=O)c1c(N)c(C#N)cn1-c1ccc(CC(C(=O)OC)c2ccccc2)cc1. The van der Waals surface area contributed by atoms with Crippen molar-refractivity contribution in [2.75, 3.05) is 20.0 Å². The summed E-state index contributed by atoms with van der Waals surface area (Å²) >= 11 is 0. The number of anilines is 1. The number of methoxy groups -OCH3 is 2. The molecule has 0 aliphatic carbocycles. The Labute approximate surface area is 174 Å². The van der Waals surface area contributed by atoms with Crippen LogP contribution in [0.1, 0.15) is 33.1 Å². The predicted molar refractivity (Wildman–Crippen MR) is 111 cm³/mol. The maximum atomic E-state index is 12.3. The highest BCUT2D eigenvalue weighted by Crippen LogP contribution is 2.26. The number of hydrogen-bond donors (Lipinski definition) is 1. The van der Waals surface area contributed by atoms with Crippen molar-refractivity contribution in [2.24, 2.45) is 0 Å². The van der Waals surface area contributed by atoms with E-state index >= 15 is 0 Å². The fraction of sp³-hybridized carbons (Fsp3) is 0.174. The third-order valence-electron chi connectivity index (χ3n) is 4.89. The van der Waals surface area contributed by atoms with Crippen molar-refractivity contribution in [3.8, 4) is 11.8 Å². The van der Waals surface area contributed by atoms with Gasteiger partial charge in [0.05, 0.1) is 31.4 Å². The molecule has 0 aliphatic rings. The van der Waals surface area contributed by atoms with Crippen LogP contribution in [0.4, 0.5) is 5.69 Å². The lowest BCUT2D eigenvalue weighted by Gasteiger charge is -2.16. The van der Waals surface area contributed by atoms with Gasteiger partial charge in [-0.3, -0.25) is 4.79 Å². The first-order valence-electron chi connectivity index (χ1n) is 9.21. The van der Waals surface area contributed by atoms with E-state index in [-0.39, 0.29) is 22.9 Å². The van der Waals surface area contributed by atoms with Gasteiger partial charge in [-0.2, -0.15) is 5.26 Å². The van der Waals surface area contributed by atoms with Crippen molar-refractivity contribution < 1.29 is 19.1 Å². The number of nitrogens with zero attached hydrogens (tertiary/aromatic N) is 2. The molecule has 0 amide bonds. The molecule has 1 unspecified atom stereocenters. The van der Waals surface area contributed by atoms with Crippen molar-refractivity contribution in [3.05, 3.63) is 83.2 Å². The van der Waals surface area contributed by atoms with E-state index in [2.05, 4.69) is 0 Å². The largest absolute Gasteiger partial charge is 0.469 e. The number of carbonyl (C=O) groups is 2. The minimum atomic E-state index is -0.632. The van der Waals surface area contributed by atoms with Gasteiger partial charge in [-0.1, -0.05) is 42.5 Å². The summed E-state index contributed by atoms with van der Waals surface area (Å²) in [5.74, 6) is -1.37. The van der Waals surface area contributed by atoms with Crippen molar-refractivity contribution in [1.29, 1.82) is 5.26 Å². The third kappa shape index (κ3) is 4.03. The Bertz CT molecular complexity index is 1100. The molecule has 7 nitrogen and oxygen atoms in total. The normalized spacial score (nSPS) is 11.4. The van der Waals surface area contributed by atoms with Crippen LogP contribution < -0.4 is 5.73 Å². The standard InChI is InChI=1S/C23H21N3O4/c1-29-22(27)19(16-6-4-3-5-7-16)12-15-8-10-18(11-9-15)26-14-17(13-24)20(25)21(26)23(28)30-2/h3-11,14,19H,12,25H2,1-2H3. The summed E-state index contributed by atoms with van der Waals surface area (Å²) in [7, 11) is 2.63. The highest BCUT2D eigenvalue weighted by molar-refractivity contribution is 5.95. The summed E-state index contributed by atoms with van der Waals surface area (Å²) < 4.78 is 11.3. The van der Waals surface area contributed by atoms with E-state index in [4.69, 9.17) is 15.2 Å². The summed E-state index contributed by atoms with van der Waals surface area (Å²) in [6, 6.07) is 18.7. The zero-order valence-electron chi connectivity index (χ0n) is 16.7. The van der Waals surface area contributed by atoms with Crippen molar-refractivity contribution >= 4 is 17.6 Å². The topological polar surface area (TPSA) is 107 Å². The van der Waals surface area contributed by atoms with Gasteiger partial charge in [0.25, 0.3) is 0 Å². The van der Waals surface area contributed by atoms with Crippen LogP contribution in [0.3, 0.4) is 0 Å². The first-order chi connectivity index (χ1) is 14.5. The molecule has 0 saturated heterocycles. The summed E-state index contributed by atoms with van der Waals surface area (Å²) in [6.07, 6.45) is 1.95. The van der Waals surface area contributed by atoms with E-state index in [1.807, 2.05) is 48.5 Å². The van der Waals surface area contributed by atoms with Gasteiger partial charge in [0, 0.05) is 11.9 Å². The highest BCUT2D eigenvalue weighted by atomic mass is 16.5. The Morgan fingerprint density at radius 3 is 2.30 bits per heavy atom. The van der Waals surface area contributed by atoms with E-state index in [1.165, 1.54) is 25.0 Å². The molecule has 0 spiro atoms. The Morgan fingerprint density at radius 1 is 1.07 bits per heavy atom. The molecule has 152 valence electrons. The molecule has 1 aromatic heterocycles. The van der Waals surface area contributed by atoms with Gasteiger partial charge in [-0.25, -0.2) is 4.79 Å². The fourth-order valence-corrected chi connectivity index (χ4v) is 3.31. The van der Waals surface area contributed by atoms with E-state index in [1.54, 1.807) is 12.1 Å². The molecule has 1 heterocycles. The number of esters is 2. The lowest BCUT2D eigenvalue weighted by molar-refractivity contribution is -0.142. The molecule has 0 fully saturated rings. The lowest BCUT2D eigenvalue weighted by atomic mass is 9.92. The molecule has 1 atom stereocenters. The first-order valence-corrected chi connectivity index (χ1v) is 9.21. The van der Waals surface area contributed by atoms with Crippen LogP contribution in [0.15, 0.2) is 60.8 Å². The number of ether oxygens (including phenoxy) is 2. The minimum Gasteiger partial charge on any atom is -0.469 e. The van der Waals surface area contributed by atoms with Gasteiger partial charge in [0.1, 0.15) is 6.07 Å². The number of nitriles is 1. The molecule has 2 N–H and O–H groups in total. The van der Waals surface area contributed by atoms with E-state index < -0.39 is 11.9 Å². The van der Waals surface area contributed by atoms with Crippen LogP contribution in [-0.2, 0) is 20.7 Å². The third-order valence-corrected chi connectivity index (χ3v) is 4.89. The van der Waals surface area contributed by atoms with Crippen LogP contribution in [0.25, 0.3) is 5.69 Å². The van der Waals surface area contributed by atoms with Crippen molar-refractivity contribution in [3.63, 3.8) is 0 Å². The zero-order valence-corrected chi connectivity index (χ0v) is 16.7. The van der Waals surface area contributed by atoms with E-state index in [0.29, 0.717) is 12.1 Å². The van der Waals surface area contributed by atoms with E-state index in [9.17, 15) is 14.9 Å². The molecule has 3 rings (SSSR count). The molecule has 2 aromatic carbocycles. The highest BCUT2D eigenvalue weighted by Gasteiger charge is 2.23. The molecule has 0 bridgehead atoms. The molecule has 0 radical (unpaired) electrons. The average molecular weight is 403 g/mol. The molecule has 0 saturated carbocycles. The molecular weight excluding hydrogens is 382 g/mol. The molecule has 0 aliphatic heterocycles. The lowest BCUT2D eigenvalue weighted by Crippen LogP contribution is -2.17. The summed E-state index contributed by atoms with van der Waals surface area (Å²) in [5.41, 5.74) is 8.73. The summed E-state index contributed by atoms with van der Waals surface area (Å²) in [6.45, 7) is 0. The van der Waals surface area contributed by atoms with Crippen molar-refractivity contribution in [2.45, 2.75) is 12.3 Å².